The fourth-order valence-corrected chi connectivity index (χ4v) is 5.39. The summed E-state index contributed by atoms with van der Waals surface area (Å²) < 4.78 is 11.9. The summed E-state index contributed by atoms with van der Waals surface area (Å²) in [7, 11) is 1.61. The van der Waals surface area contributed by atoms with Crippen LogP contribution in [0, 0.1) is 0 Å². The maximum Gasteiger partial charge on any atom is 0.272 e. The molecule has 4 aromatic rings. The Kier molecular flexibility index (Phi) is 5.94. The predicted octanol–water partition coefficient (Wildman–Crippen LogP) is 4.31. The van der Waals surface area contributed by atoms with Crippen molar-refractivity contribution in [3.63, 3.8) is 0 Å². The highest BCUT2D eigenvalue weighted by molar-refractivity contribution is 6.01. The number of piperidine rings is 1. The van der Waals surface area contributed by atoms with Crippen molar-refractivity contribution in [2.45, 2.75) is 38.2 Å². The van der Waals surface area contributed by atoms with Gasteiger partial charge in [-0.1, -0.05) is 19.1 Å². The van der Waals surface area contributed by atoms with Gasteiger partial charge in [0, 0.05) is 37.0 Å². The van der Waals surface area contributed by atoms with Crippen LogP contribution >= 0.6 is 0 Å². The van der Waals surface area contributed by atoms with Crippen LogP contribution in [0.25, 0.3) is 10.9 Å². The topological polar surface area (TPSA) is 122 Å². The van der Waals surface area contributed by atoms with Crippen molar-refractivity contribution < 1.29 is 19.1 Å². The third kappa shape index (κ3) is 4.21. The Morgan fingerprint density at radius 3 is 2.79 bits per heavy atom. The van der Waals surface area contributed by atoms with Crippen molar-refractivity contribution >= 4 is 34.2 Å². The number of aromatic amines is 1. The summed E-state index contributed by atoms with van der Waals surface area (Å²) in [6.07, 6.45) is 3.60. The van der Waals surface area contributed by atoms with Crippen molar-refractivity contribution in [3.8, 4) is 11.5 Å². The smallest absolute Gasteiger partial charge is 0.272 e. The molecule has 2 N–H and O–H groups in total. The molecule has 0 unspecified atom stereocenters. The van der Waals surface area contributed by atoms with E-state index in [2.05, 4.69) is 27.4 Å². The van der Waals surface area contributed by atoms with E-state index in [1.54, 1.807) is 13.2 Å². The molecule has 2 aromatic heterocycles. The maximum absolute atomic E-state index is 13.5. The lowest BCUT2D eigenvalue weighted by molar-refractivity contribution is -0.00583. The standard InChI is InChI=1S/C28H28N6O4/c1-3-17-13-21(32-25-19(17)5-4-6-24(25)37-2)26(36)34-11-9-28(10-12-34)15-22(35)20-14-18(7-8-23(20)38-28)31-27-29-16-30-33-27/h4-8,13-14,16H,3,9-12,15H2,1-2H3,(H2,29,30,31,33). The lowest BCUT2D eigenvalue weighted by atomic mass is 9.82. The molecule has 0 saturated carbocycles. The highest BCUT2D eigenvalue weighted by atomic mass is 16.5. The molecule has 1 spiro atoms. The van der Waals surface area contributed by atoms with E-state index in [1.165, 1.54) is 6.33 Å². The number of methoxy groups -OCH3 is 1. The number of pyridine rings is 1. The summed E-state index contributed by atoms with van der Waals surface area (Å²) in [5.41, 5.74) is 2.81. The Labute approximate surface area is 219 Å². The monoisotopic (exact) mass is 512 g/mol. The van der Waals surface area contributed by atoms with E-state index in [0.717, 1.165) is 23.1 Å². The zero-order chi connectivity index (χ0) is 26.3. The van der Waals surface area contributed by atoms with Gasteiger partial charge in [0.1, 0.15) is 34.6 Å². The Morgan fingerprint density at radius 1 is 1.21 bits per heavy atom. The number of aryl methyl sites for hydroxylation is 1. The molecule has 6 rings (SSSR count). The first-order valence-corrected chi connectivity index (χ1v) is 12.7. The zero-order valence-corrected chi connectivity index (χ0v) is 21.3. The zero-order valence-electron chi connectivity index (χ0n) is 21.3. The number of para-hydroxylation sites is 1. The van der Waals surface area contributed by atoms with Gasteiger partial charge in [-0.3, -0.25) is 9.59 Å². The second-order valence-corrected chi connectivity index (χ2v) is 9.72. The van der Waals surface area contributed by atoms with Gasteiger partial charge in [0.05, 0.1) is 19.1 Å². The van der Waals surface area contributed by atoms with Gasteiger partial charge in [-0.15, -0.1) is 0 Å². The number of carbonyl (C=O) groups excluding carboxylic acids is 2. The highest BCUT2D eigenvalue weighted by Crippen LogP contribution is 2.40. The lowest BCUT2D eigenvalue weighted by Crippen LogP contribution is -2.52. The SMILES string of the molecule is CCc1cc(C(=O)N2CCC3(CC2)CC(=O)c2cc(Nc4ncn[nH]4)ccc2O3)nc2c(OC)cccc12. The lowest BCUT2D eigenvalue weighted by Gasteiger charge is -2.44. The molecule has 2 aliphatic heterocycles. The van der Waals surface area contributed by atoms with Gasteiger partial charge in [-0.05, 0) is 42.3 Å². The molecular formula is C28H28N6O4. The van der Waals surface area contributed by atoms with Crippen molar-refractivity contribution in [1.29, 1.82) is 0 Å². The number of ether oxygens (including phenoxy) is 2. The Bertz CT molecular complexity index is 1530. The fraction of sp³-hybridized carbons (Fsp3) is 0.321. The number of rotatable bonds is 5. The summed E-state index contributed by atoms with van der Waals surface area (Å²) in [5, 5.41) is 10.6. The number of benzene rings is 2. The molecule has 0 radical (unpaired) electrons. The van der Waals surface area contributed by atoms with Gasteiger partial charge in [0.2, 0.25) is 5.95 Å². The van der Waals surface area contributed by atoms with Crippen molar-refractivity contribution in [2.75, 3.05) is 25.5 Å². The number of H-pyrrole nitrogens is 1. The van der Waals surface area contributed by atoms with Crippen molar-refractivity contribution in [1.82, 2.24) is 25.1 Å². The van der Waals surface area contributed by atoms with E-state index in [1.807, 2.05) is 41.3 Å². The minimum absolute atomic E-state index is 0.0307. The molecule has 10 heteroatoms. The number of aromatic nitrogens is 4. The van der Waals surface area contributed by atoms with Crippen LogP contribution < -0.4 is 14.8 Å². The molecule has 2 aliphatic rings. The second-order valence-electron chi connectivity index (χ2n) is 9.72. The van der Waals surface area contributed by atoms with Crippen LogP contribution in [0.5, 0.6) is 11.5 Å². The van der Waals surface area contributed by atoms with Gasteiger partial charge < -0.3 is 19.7 Å². The number of carbonyl (C=O) groups is 2. The number of amides is 1. The molecule has 38 heavy (non-hydrogen) atoms. The number of anilines is 2. The average molecular weight is 513 g/mol. The molecule has 1 amide bonds. The van der Waals surface area contributed by atoms with Crippen molar-refractivity contribution in [2.24, 2.45) is 0 Å². The van der Waals surface area contributed by atoms with E-state index in [0.29, 0.717) is 60.2 Å². The van der Waals surface area contributed by atoms with Crippen LogP contribution in [0.15, 0.2) is 48.8 Å². The minimum atomic E-state index is -0.616. The van der Waals surface area contributed by atoms with Crippen LogP contribution in [-0.4, -0.2) is 62.6 Å². The Balaban J connectivity index is 1.19. The third-order valence-corrected chi connectivity index (χ3v) is 7.44. The summed E-state index contributed by atoms with van der Waals surface area (Å²) in [4.78, 5) is 37.2. The van der Waals surface area contributed by atoms with Gasteiger partial charge in [0.15, 0.2) is 5.78 Å². The van der Waals surface area contributed by atoms with E-state index in [-0.39, 0.29) is 18.1 Å². The van der Waals surface area contributed by atoms with Gasteiger partial charge in [0.25, 0.3) is 5.91 Å². The molecule has 194 valence electrons. The minimum Gasteiger partial charge on any atom is -0.494 e. The molecule has 0 bridgehead atoms. The molecule has 1 saturated heterocycles. The number of nitrogens with zero attached hydrogens (tertiary/aromatic N) is 4. The molecule has 10 nitrogen and oxygen atoms in total. The van der Waals surface area contributed by atoms with Crippen LogP contribution in [0.4, 0.5) is 11.6 Å². The van der Waals surface area contributed by atoms with E-state index < -0.39 is 5.60 Å². The number of fused-ring (bicyclic) bond motifs is 2. The van der Waals surface area contributed by atoms with Gasteiger partial charge in [-0.2, -0.15) is 10.1 Å². The summed E-state index contributed by atoms with van der Waals surface area (Å²) in [6.45, 7) is 3.04. The number of nitrogens with one attached hydrogen (secondary N) is 2. The number of hydrogen-bond acceptors (Lipinski definition) is 8. The van der Waals surface area contributed by atoms with Crippen molar-refractivity contribution in [3.05, 3.63) is 65.6 Å². The predicted molar refractivity (Wildman–Crippen MR) is 141 cm³/mol. The highest BCUT2D eigenvalue weighted by Gasteiger charge is 2.44. The number of likely N-dealkylation sites (tertiary alicyclic amines) is 1. The first-order chi connectivity index (χ1) is 18.5. The quantitative estimate of drug-likeness (QED) is 0.406. The number of Topliss-reactive ketones (excluding diaryl/α,β-unsaturated/α-hetero) is 1. The molecule has 0 atom stereocenters. The summed E-state index contributed by atoms with van der Waals surface area (Å²) in [6, 6.07) is 13.1. The normalized spacial score (nSPS) is 16.3. The van der Waals surface area contributed by atoms with Gasteiger partial charge in [-0.25, -0.2) is 10.1 Å². The summed E-state index contributed by atoms with van der Waals surface area (Å²) >= 11 is 0. The molecule has 0 aliphatic carbocycles. The molecule has 4 heterocycles. The fourth-order valence-electron chi connectivity index (χ4n) is 5.39. The van der Waals surface area contributed by atoms with E-state index in [9.17, 15) is 9.59 Å². The number of hydrogen-bond donors (Lipinski definition) is 2. The Morgan fingerprint density at radius 2 is 2.05 bits per heavy atom. The summed E-state index contributed by atoms with van der Waals surface area (Å²) in [5.74, 6) is 1.63. The molecular weight excluding hydrogens is 484 g/mol. The second kappa shape index (κ2) is 9.44. The first kappa shape index (κ1) is 23.9. The maximum atomic E-state index is 13.5. The Hall–Kier alpha value is -4.47. The average Bonchev–Trinajstić information content (AvgIpc) is 3.45. The third-order valence-electron chi connectivity index (χ3n) is 7.44. The first-order valence-electron chi connectivity index (χ1n) is 12.7. The molecule has 2 aromatic carbocycles. The van der Waals surface area contributed by atoms with Gasteiger partial charge >= 0.3 is 0 Å². The van der Waals surface area contributed by atoms with Crippen LogP contribution in [0.1, 0.15) is 52.6 Å². The van der Waals surface area contributed by atoms with E-state index in [4.69, 9.17) is 14.5 Å². The van der Waals surface area contributed by atoms with Crippen LogP contribution in [0.2, 0.25) is 0 Å². The van der Waals surface area contributed by atoms with Crippen LogP contribution in [0.3, 0.4) is 0 Å². The number of ketones is 1. The molecule has 1 fully saturated rings. The largest absolute Gasteiger partial charge is 0.494 e. The van der Waals surface area contributed by atoms with E-state index >= 15 is 0 Å². The van der Waals surface area contributed by atoms with Crippen LogP contribution in [-0.2, 0) is 6.42 Å².